The van der Waals surface area contributed by atoms with Crippen molar-refractivity contribution in [2.75, 3.05) is 12.4 Å². The van der Waals surface area contributed by atoms with Crippen molar-refractivity contribution in [1.82, 2.24) is 9.78 Å². The minimum atomic E-state index is -0.0676. The first-order valence-corrected chi connectivity index (χ1v) is 9.08. The standard InChI is InChI=1S/C22H25N3O2/c1-16(2)19-8-4-17(5-9-19)14-22(26)23-21-12-13-25(24-21)15-18-6-10-20(27-3)11-7-18/h4-13,16H,14-15H2,1-3H3,(H,23,24,26). The van der Waals surface area contributed by atoms with Gasteiger partial charge in [-0.1, -0.05) is 50.2 Å². The van der Waals surface area contributed by atoms with Crippen LogP contribution in [0, 0.1) is 0 Å². The van der Waals surface area contributed by atoms with Gasteiger partial charge in [-0.3, -0.25) is 9.48 Å². The van der Waals surface area contributed by atoms with Gasteiger partial charge in [0.05, 0.1) is 20.1 Å². The Morgan fingerprint density at radius 3 is 2.33 bits per heavy atom. The maximum absolute atomic E-state index is 12.3. The monoisotopic (exact) mass is 363 g/mol. The average molecular weight is 363 g/mol. The highest BCUT2D eigenvalue weighted by molar-refractivity contribution is 5.91. The Bertz CT molecular complexity index is 881. The molecule has 2 aromatic carbocycles. The molecule has 0 aliphatic carbocycles. The molecule has 140 valence electrons. The van der Waals surface area contributed by atoms with Crippen molar-refractivity contribution in [3.8, 4) is 5.75 Å². The number of aromatic nitrogens is 2. The number of benzene rings is 2. The van der Waals surface area contributed by atoms with Crippen molar-refractivity contribution in [2.24, 2.45) is 0 Å². The highest BCUT2D eigenvalue weighted by Crippen LogP contribution is 2.16. The summed E-state index contributed by atoms with van der Waals surface area (Å²) in [4.78, 5) is 12.3. The smallest absolute Gasteiger partial charge is 0.229 e. The summed E-state index contributed by atoms with van der Waals surface area (Å²) >= 11 is 0. The molecule has 0 fully saturated rings. The van der Waals surface area contributed by atoms with E-state index in [4.69, 9.17) is 4.74 Å². The second-order valence-electron chi connectivity index (χ2n) is 6.87. The number of hydrogen-bond donors (Lipinski definition) is 1. The van der Waals surface area contributed by atoms with Crippen LogP contribution in [0.2, 0.25) is 0 Å². The fourth-order valence-electron chi connectivity index (χ4n) is 2.83. The number of hydrogen-bond acceptors (Lipinski definition) is 3. The molecule has 0 saturated heterocycles. The second-order valence-corrected chi connectivity index (χ2v) is 6.87. The zero-order valence-corrected chi connectivity index (χ0v) is 16.0. The van der Waals surface area contributed by atoms with Gasteiger partial charge in [0.1, 0.15) is 5.75 Å². The van der Waals surface area contributed by atoms with E-state index in [1.54, 1.807) is 11.8 Å². The van der Waals surface area contributed by atoms with Gasteiger partial charge in [0.2, 0.25) is 5.91 Å². The maximum atomic E-state index is 12.3. The zero-order valence-electron chi connectivity index (χ0n) is 16.0. The predicted molar refractivity (Wildman–Crippen MR) is 107 cm³/mol. The van der Waals surface area contributed by atoms with Crippen LogP contribution >= 0.6 is 0 Å². The lowest BCUT2D eigenvalue weighted by Gasteiger charge is -2.07. The molecule has 0 bridgehead atoms. The molecule has 5 heteroatoms. The van der Waals surface area contributed by atoms with Crippen molar-refractivity contribution in [1.29, 1.82) is 0 Å². The van der Waals surface area contributed by atoms with Crippen LogP contribution in [0.15, 0.2) is 60.8 Å². The molecule has 0 spiro atoms. The Hall–Kier alpha value is -3.08. The summed E-state index contributed by atoms with van der Waals surface area (Å²) in [6.45, 7) is 4.95. The summed E-state index contributed by atoms with van der Waals surface area (Å²) < 4.78 is 6.96. The Morgan fingerprint density at radius 1 is 1.04 bits per heavy atom. The van der Waals surface area contributed by atoms with Crippen LogP contribution in [0.3, 0.4) is 0 Å². The number of carbonyl (C=O) groups excluding carboxylic acids is 1. The van der Waals surface area contributed by atoms with Crippen LogP contribution in [-0.2, 0) is 17.8 Å². The Labute approximate surface area is 160 Å². The summed E-state index contributed by atoms with van der Waals surface area (Å²) in [5.74, 6) is 1.81. The highest BCUT2D eigenvalue weighted by Gasteiger charge is 2.08. The van der Waals surface area contributed by atoms with Gasteiger partial charge in [0.25, 0.3) is 0 Å². The quantitative estimate of drug-likeness (QED) is 0.683. The average Bonchev–Trinajstić information content (AvgIpc) is 3.09. The number of carbonyl (C=O) groups is 1. The van der Waals surface area contributed by atoms with Gasteiger partial charge in [0.15, 0.2) is 5.82 Å². The normalized spacial score (nSPS) is 10.8. The maximum Gasteiger partial charge on any atom is 0.229 e. The molecule has 0 saturated carbocycles. The van der Waals surface area contributed by atoms with Crippen LogP contribution < -0.4 is 10.1 Å². The van der Waals surface area contributed by atoms with E-state index < -0.39 is 0 Å². The molecule has 0 atom stereocenters. The Balaban J connectivity index is 1.55. The number of amides is 1. The summed E-state index contributed by atoms with van der Waals surface area (Å²) in [7, 11) is 1.65. The topological polar surface area (TPSA) is 56.1 Å². The fraction of sp³-hybridized carbons (Fsp3) is 0.273. The van der Waals surface area contributed by atoms with Gasteiger partial charge in [-0.2, -0.15) is 5.10 Å². The molecule has 0 radical (unpaired) electrons. The zero-order chi connectivity index (χ0) is 19.2. The molecule has 0 unspecified atom stereocenters. The van der Waals surface area contributed by atoms with E-state index >= 15 is 0 Å². The molecular formula is C22H25N3O2. The number of nitrogens with one attached hydrogen (secondary N) is 1. The summed E-state index contributed by atoms with van der Waals surface area (Å²) in [5, 5.41) is 7.28. The van der Waals surface area contributed by atoms with Gasteiger partial charge in [0, 0.05) is 12.3 Å². The molecule has 27 heavy (non-hydrogen) atoms. The van der Waals surface area contributed by atoms with E-state index in [1.807, 2.05) is 48.7 Å². The van der Waals surface area contributed by atoms with Crippen LogP contribution in [0.1, 0.15) is 36.5 Å². The summed E-state index contributed by atoms with van der Waals surface area (Å²) in [5.41, 5.74) is 3.38. The molecular weight excluding hydrogens is 338 g/mol. The third kappa shape index (κ3) is 5.20. The molecule has 3 aromatic rings. The largest absolute Gasteiger partial charge is 0.497 e. The van der Waals surface area contributed by atoms with E-state index in [0.717, 1.165) is 16.9 Å². The minimum absolute atomic E-state index is 0.0676. The molecule has 1 N–H and O–H groups in total. The van der Waals surface area contributed by atoms with Gasteiger partial charge in [-0.05, 0) is 34.7 Å². The fourth-order valence-corrected chi connectivity index (χ4v) is 2.83. The number of anilines is 1. The van der Waals surface area contributed by atoms with E-state index in [-0.39, 0.29) is 5.91 Å². The minimum Gasteiger partial charge on any atom is -0.497 e. The van der Waals surface area contributed by atoms with Gasteiger partial charge in [-0.25, -0.2) is 0 Å². The van der Waals surface area contributed by atoms with Crippen molar-refractivity contribution in [3.05, 3.63) is 77.5 Å². The molecule has 5 nitrogen and oxygen atoms in total. The lowest BCUT2D eigenvalue weighted by Crippen LogP contribution is -2.15. The lowest BCUT2D eigenvalue weighted by atomic mass is 10.0. The number of methoxy groups -OCH3 is 1. The third-order valence-corrected chi connectivity index (χ3v) is 4.42. The van der Waals surface area contributed by atoms with Crippen LogP contribution in [0.5, 0.6) is 5.75 Å². The van der Waals surface area contributed by atoms with Crippen LogP contribution in [0.25, 0.3) is 0 Å². The van der Waals surface area contributed by atoms with Crippen molar-refractivity contribution in [3.63, 3.8) is 0 Å². The van der Waals surface area contributed by atoms with Gasteiger partial charge < -0.3 is 10.1 Å². The third-order valence-electron chi connectivity index (χ3n) is 4.42. The van der Waals surface area contributed by atoms with Crippen molar-refractivity contribution >= 4 is 11.7 Å². The van der Waals surface area contributed by atoms with Crippen molar-refractivity contribution < 1.29 is 9.53 Å². The SMILES string of the molecule is COc1ccc(Cn2ccc(NC(=O)Cc3ccc(C(C)C)cc3)n2)cc1. The Kier molecular flexibility index (Phi) is 5.91. The van der Waals surface area contributed by atoms with E-state index in [9.17, 15) is 4.79 Å². The lowest BCUT2D eigenvalue weighted by molar-refractivity contribution is -0.115. The van der Waals surface area contributed by atoms with Crippen LogP contribution in [0.4, 0.5) is 5.82 Å². The van der Waals surface area contributed by atoms with Gasteiger partial charge >= 0.3 is 0 Å². The molecule has 1 amide bonds. The number of nitrogens with zero attached hydrogens (tertiary/aromatic N) is 2. The van der Waals surface area contributed by atoms with Crippen LogP contribution in [-0.4, -0.2) is 22.8 Å². The number of rotatable bonds is 7. The van der Waals surface area contributed by atoms with E-state index in [1.165, 1.54) is 5.56 Å². The summed E-state index contributed by atoms with van der Waals surface area (Å²) in [6.07, 6.45) is 2.20. The highest BCUT2D eigenvalue weighted by atomic mass is 16.5. The summed E-state index contributed by atoms with van der Waals surface area (Å²) in [6, 6.07) is 17.8. The first kappa shape index (κ1) is 18.7. The first-order chi connectivity index (χ1) is 13.0. The molecule has 0 aliphatic heterocycles. The van der Waals surface area contributed by atoms with Gasteiger partial charge in [-0.15, -0.1) is 0 Å². The second kappa shape index (κ2) is 8.54. The van der Waals surface area contributed by atoms with E-state index in [0.29, 0.717) is 24.7 Å². The predicted octanol–water partition coefficient (Wildman–Crippen LogP) is 4.24. The first-order valence-electron chi connectivity index (χ1n) is 9.08. The van der Waals surface area contributed by atoms with E-state index in [2.05, 4.69) is 36.4 Å². The van der Waals surface area contributed by atoms with Crippen molar-refractivity contribution in [2.45, 2.75) is 32.7 Å². The Morgan fingerprint density at radius 2 is 1.70 bits per heavy atom. The molecule has 3 rings (SSSR count). The molecule has 1 aromatic heterocycles. The molecule has 0 aliphatic rings. The number of ether oxygens (including phenoxy) is 1. The molecule has 1 heterocycles.